The third-order valence-corrected chi connectivity index (χ3v) is 2.71. The molecule has 0 aliphatic carbocycles. The standard InChI is InChI=1S/C14H12N4O3/c1-8-6-11(12(16-8)13(19)20)18-14(21)17-10-5-3-2-4-9(10)7-15/h2-6,16H,1H3,(H,19,20)(H2,17,18,21). The molecule has 0 aliphatic heterocycles. The molecule has 21 heavy (non-hydrogen) atoms. The molecule has 1 aromatic heterocycles. The Balaban J connectivity index is 2.16. The lowest BCUT2D eigenvalue weighted by atomic mass is 10.2. The normalized spacial score (nSPS) is 9.71. The van der Waals surface area contributed by atoms with Crippen LogP contribution in [-0.2, 0) is 0 Å². The van der Waals surface area contributed by atoms with E-state index in [1.54, 1.807) is 31.2 Å². The van der Waals surface area contributed by atoms with Crippen LogP contribution >= 0.6 is 0 Å². The lowest BCUT2D eigenvalue weighted by Crippen LogP contribution is -2.21. The predicted octanol–water partition coefficient (Wildman–Crippen LogP) is 2.54. The average Bonchev–Trinajstić information content (AvgIpc) is 2.80. The summed E-state index contributed by atoms with van der Waals surface area (Å²) in [6.07, 6.45) is 0. The van der Waals surface area contributed by atoms with Gasteiger partial charge >= 0.3 is 12.0 Å². The van der Waals surface area contributed by atoms with E-state index >= 15 is 0 Å². The number of anilines is 2. The molecule has 106 valence electrons. The zero-order valence-corrected chi connectivity index (χ0v) is 11.1. The van der Waals surface area contributed by atoms with Crippen molar-refractivity contribution in [1.29, 1.82) is 5.26 Å². The number of nitrogens with one attached hydrogen (secondary N) is 3. The number of aromatic amines is 1. The van der Waals surface area contributed by atoms with Crippen molar-refractivity contribution >= 4 is 23.4 Å². The Morgan fingerprint density at radius 1 is 1.24 bits per heavy atom. The van der Waals surface area contributed by atoms with Crippen LogP contribution in [0.1, 0.15) is 21.7 Å². The number of para-hydroxylation sites is 1. The number of amides is 2. The summed E-state index contributed by atoms with van der Waals surface area (Å²) in [5.74, 6) is -1.17. The maximum absolute atomic E-state index is 11.9. The van der Waals surface area contributed by atoms with E-state index in [0.29, 0.717) is 16.9 Å². The average molecular weight is 284 g/mol. The number of nitrogens with zero attached hydrogens (tertiary/aromatic N) is 1. The molecule has 0 radical (unpaired) electrons. The summed E-state index contributed by atoms with van der Waals surface area (Å²) >= 11 is 0. The molecule has 0 spiro atoms. The number of aromatic nitrogens is 1. The van der Waals surface area contributed by atoms with Gasteiger partial charge in [-0.2, -0.15) is 5.26 Å². The fraction of sp³-hybridized carbons (Fsp3) is 0.0714. The number of hydrogen-bond acceptors (Lipinski definition) is 3. The number of carbonyl (C=O) groups is 2. The smallest absolute Gasteiger partial charge is 0.354 e. The van der Waals surface area contributed by atoms with Crippen LogP contribution in [0, 0.1) is 18.3 Å². The molecule has 0 fully saturated rings. The topological polar surface area (TPSA) is 118 Å². The van der Waals surface area contributed by atoms with Crippen LogP contribution in [0.25, 0.3) is 0 Å². The highest BCUT2D eigenvalue weighted by molar-refractivity contribution is 6.04. The lowest BCUT2D eigenvalue weighted by Gasteiger charge is -2.08. The first-order chi connectivity index (χ1) is 10.0. The number of urea groups is 1. The molecule has 0 bridgehead atoms. The van der Waals surface area contributed by atoms with E-state index in [1.807, 2.05) is 6.07 Å². The Labute approximate surface area is 120 Å². The minimum atomic E-state index is -1.17. The summed E-state index contributed by atoms with van der Waals surface area (Å²) in [5.41, 5.74) is 1.33. The van der Waals surface area contributed by atoms with Gasteiger partial charge in [0.15, 0.2) is 0 Å². The van der Waals surface area contributed by atoms with E-state index in [4.69, 9.17) is 10.4 Å². The van der Waals surface area contributed by atoms with Crippen molar-refractivity contribution in [2.45, 2.75) is 6.92 Å². The van der Waals surface area contributed by atoms with Crippen LogP contribution in [0.5, 0.6) is 0 Å². The summed E-state index contributed by atoms with van der Waals surface area (Å²) in [5, 5.41) is 22.9. The summed E-state index contributed by atoms with van der Waals surface area (Å²) in [7, 11) is 0. The number of carboxylic acids is 1. The zero-order valence-electron chi connectivity index (χ0n) is 11.1. The van der Waals surface area contributed by atoms with Crippen molar-refractivity contribution in [3.8, 4) is 6.07 Å². The van der Waals surface area contributed by atoms with Gasteiger partial charge in [0.2, 0.25) is 0 Å². The molecule has 2 amide bonds. The second-order valence-electron chi connectivity index (χ2n) is 4.28. The van der Waals surface area contributed by atoms with Gasteiger partial charge in [-0.15, -0.1) is 0 Å². The second kappa shape index (κ2) is 5.79. The summed E-state index contributed by atoms with van der Waals surface area (Å²) in [6.45, 7) is 1.68. The van der Waals surface area contributed by atoms with Crippen LogP contribution in [0.15, 0.2) is 30.3 Å². The maximum atomic E-state index is 11.9. The van der Waals surface area contributed by atoms with E-state index in [1.165, 1.54) is 6.07 Å². The highest BCUT2D eigenvalue weighted by Gasteiger charge is 2.15. The van der Waals surface area contributed by atoms with E-state index in [-0.39, 0.29) is 11.4 Å². The van der Waals surface area contributed by atoms with Gasteiger partial charge in [-0.1, -0.05) is 12.1 Å². The summed E-state index contributed by atoms with van der Waals surface area (Å²) in [6, 6.07) is 9.35. The van der Waals surface area contributed by atoms with Crippen molar-refractivity contribution in [2.75, 3.05) is 10.6 Å². The third-order valence-electron chi connectivity index (χ3n) is 2.71. The van der Waals surface area contributed by atoms with Crippen molar-refractivity contribution in [1.82, 2.24) is 4.98 Å². The molecule has 0 aliphatic rings. The third kappa shape index (κ3) is 3.19. The van der Waals surface area contributed by atoms with Gasteiger partial charge in [0, 0.05) is 5.69 Å². The molecule has 0 saturated heterocycles. The van der Waals surface area contributed by atoms with Crippen molar-refractivity contribution in [2.24, 2.45) is 0 Å². The molecular formula is C14H12N4O3. The van der Waals surface area contributed by atoms with Crippen molar-refractivity contribution in [3.63, 3.8) is 0 Å². The van der Waals surface area contributed by atoms with Crippen LogP contribution < -0.4 is 10.6 Å². The number of rotatable bonds is 3. The number of nitriles is 1. The molecule has 2 aromatic rings. The fourth-order valence-electron chi connectivity index (χ4n) is 1.82. The van der Waals surface area contributed by atoms with Gasteiger partial charge in [0.05, 0.1) is 16.9 Å². The van der Waals surface area contributed by atoms with E-state index < -0.39 is 12.0 Å². The predicted molar refractivity (Wildman–Crippen MR) is 76.3 cm³/mol. The fourth-order valence-corrected chi connectivity index (χ4v) is 1.82. The Morgan fingerprint density at radius 2 is 1.90 bits per heavy atom. The minimum absolute atomic E-state index is 0.101. The first-order valence-electron chi connectivity index (χ1n) is 6.01. The molecule has 1 aromatic carbocycles. The molecule has 4 N–H and O–H groups in total. The molecule has 2 rings (SSSR count). The zero-order chi connectivity index (χ0) is 15.4. The Morgan fingerprint density at radius 3 is 2.57 bits per heavy atom. The Hall–Kier alpha value is -3.27. The second-order valence-corrected chi connectivity index (χ2v) is 4.28. The SMILES string of the molecule is Cc1cc(NC(=O)Nc2ccccc2C#N)c(C(=O)O)[nH]1. The molecule has 0 saturated carbocycles. The van der Waals surface area contributed by atoms with Crippen LogP contribution in [0.3, 0.4) is 0 Å². The monoisotopic (exact) mass is 284 g/mol. The van der Waals surface area contributed by atoms with Crippen molar-refractivity contribution < 1.29 is 14.7 Å². The summed E-state index contributed by atoms with van der Waals surface area (Å²) in [4.78, 5) is 25.6. The van der Waals surface area contributed by atoms with Crippen LogP contribution in [-0.4, -0.2) is 22.1 Å². The number of carbonyl (C=O) groups excluding carboxylic acids is 1. The van der Waals surface area contributed by atoms with Gasteiger partial charge in [0.25, 0.3) is 0 Å². The number of aryl methyl sites for hydroxylation is 1. The number of benzene rings is 1. The highest BCUT2D eigenvalue weighted by atomic mass is 16.4. The Bertz CT molecular complexity index is 743. The largest absolute Gasteiger partial charge is 0.477 e. The maximum Gasteiger partial charge on any atom is 0.354 e. The molecule has 0 atom stereocenters. The van der Waals surface area contributed by atoms with E-state index in [9.17, 15) is 9.59 Å². The number of hydrogen-bond donors (Lipinski definition) is 4. The Kier molecular flexibility index (Phi) is 3.90. The molecule has 7 nitrogen and oxygen atoms in total. The van der Waals surface area contributed by atoms with Gasteiger partial charge in [-0.25, -0.2) is 9.59 Å². The first-order valence-corrected chi connectivity index (χ1v) is 6.01. The van der Waals surface area contributed by atoms with Crippen LogP contribution in [0.4, 0.5) is 16.2 Å². The lowest BCUT2D eigenvalue weighted by molar-refractivity contribution is 0.0692. The van der Waals surface area contributed by atoms with Gasteiger partial charge < -0.3 is 20.7 Å². The molecule has 1 heterocycles. The number of aromatic carboxylic acids is 1. The molecule has 0 unspecified atom stereocenters. The van der Waals surface area contributed by atoms with Crippen molar-refractivity contribution in [3.05, 3.63) is 47.3 Å². The van der Waals surface area contributed by atoms with Crippen LogP contribution in [0.2, 0.25) is 0 Å². The van der Waals surface area contributed by atoms with Gasteiger partial charge in [0.1, 0.15) is 11.8 Å². The first kappa shape index (κ1) is 14.1. The van der Waals surface area contributed by atoms with Gasteiger partial charge in [-0.05, 0) is 25.1 Å². The quantitative estimate of drug-likeness (QED) is 0.692. The summed E-state index contributed by atoms with van der Waals surface area (Å²) < 4.78 is 0. The molecular weight excluding hydrogens is 272 g/mol. The minimum Gasteiger partial charge on any atom is -0.477 e. The number of H-pyrrole nitrogens is 1. The van der Waals surface area contributed by atoms with Gasteiger partial charge in [-0.3, -0.25) is 0 Å². The number of carboxylic acid groups (broad SMARTS) is 1. The molecule has 7 heteroatoms. The van der Waals surface area contributed by atoms with E-state index in [0.717, 1.165) is 0 Å². The van der Waals surface area contributed by atoms with E-state index in [2.05, 4.69) is 15.6 Å². The highest BCUT2D eigenvalue weighted by Crippen LogP contribution is 2.18.